The number of carbonyl (C=O) groups is 1. The second-order valence-electron chi connectivity index (χ2n) is 3.70. The van der Waals surface area contributed by atoms with E-state index in [1.807, 2.05) is 0 Å². The molecule has 0 unspecified atom stereocenters. The number of hydrogen-bond acceptors (Lipinski definition) is 4. The third kappa shape index (κ3) is 2.15. The maximum Gasteiger partial charge on any atom is 0.228 e. The number of furan rings is 1. The highest BCUT2D eigenvalue weighted by atomic mass is 16.5. The van der Waals surface area contributed by atoms with Crippen LogP contribution in [0.5, 0.6) is 5.75 Å². The van der Waals surface area contributed by atoms with E-state index < -0.39 is 0 Å². The van der Waals surface area contributed by atoms with E-state index in [9.17, 15) is 4.79 Å². The molecule has 2 N–H and O–H groups in total. The van der Waals surface area contributed by atoms with Crippen molar-refractivity contribution in [2.75, 3.05) is 12.8 Å². The third-order valence-electron chi connectivity index (χ3n) is 2.46. The largest absolute Gasteiger partial charge is 0.495 e. The van der Waals surface area contributed by atoms with Crippen LogP contribution in [0.15, 0.2) is 34.7 Å². The minimum absolute atomic E-state index is 0.188. The SMILES string of the molecule is COc1ccc(C(=O)c2ccc(C)o2)cc1N. The molecule has 2 rings (SSSR count). The van der Waals surface area contributed by atoms with Crippen molar-refractivity contribution in [1.29, 1.82) is 0 Å². The van der Waals surface area contributed by atoms with Crippen LogP contribution in [0, 0.1) is 6.92 Å². The van der Waals surface area contributed by atoms with Crippen molar-refractivity contribution in [1.82, 2.24) is 0 Å². The molecule has 4 nitrogen and oxygen atoms in total. The summed E-state index contributed by atoms with van der Waals surface area (Å²) in [5.41, 5.74) is 6.66. The molecule has 0 saturated carbocycles. The number of nitrogen functional groups attached to an aromatic ring is 1. The van der Waals surface area contributed by atoms with E-state index >= 15 is 0 Å². The lowest BCUT2D eigenvalue weighted by molar-refractivity contribution is 0.101. The highest BCUT2D eigenvalue weighted by molar-refractivity contribution is 6.07. The first-order chi connectivity index (χ1) is 8.11. The van der Waals surface area contributed by atoms with Gasteiger partial charge < -0.3 is 14.9 Å². The number of rotatable bonds is 3. The van der Waals surface area contributed by atoms with Crippen LogP contribution >= 0.6 is 0 Å². The Morgan fingerprint density at radius 1 is 1.29 bits per heavy atom. The number of benzene rings is 1. The lowest BCUT2D eigenvalue weighted by atomic mass is 10.1. The number of aryl methyl sites for hydroxylation is 1. The molecule has 1 aromatic heterocycles. The van der Waals surface area contributed by atoms with Crippen LogP contribution in [0.4, 0.5) is 5.69 Å². The molecule has 0 aliphatic heterocycles. The summed E-state index contributed by atoms with van der Waals surface area (Å²) in [4.78, 5) is 12.0. The van der Waals surface area contributed by atoms with Crippen molar-refractivity contribution in [2.24, 2.45) is 0 Å². The first-order valence-electron chi connectivity index (χ1n) is 5.16. The molecule has 0 atom stereocenters. The van der Waals surface area contributed by atoms with Crippen LogP contribution in [0.25, 0.3) is 0 Å². The summed E-state index contributed by atoms with van der Waals surface area (Å²) < 4.78 is 10.3. The summed E-state index contributed by atoms with van der Waals surface area (Å²) in [6, 6.07) is 8.31. The minimum atomic E-state index is -0.188. The molecule has 0 bridgehead atoms. The summed E-state index contributed by atoms with van der Waals surface area (Å²) >= 11 is 0. The molecule has 1 heterocycles. The molecule has 0 aliphatic rings. The van der Waals surface area contributed by atoms with Gasteiger partial charge in [-0.05, 0) is 37.3 Å². The molecule has 0 aliphatic carbocycles. The Labute approximate surface area is 99.0 Å². The van der Waals surface area contributed by atoms with E-state index in [1.165, 1.54) is 7.11 Å². The highest BCUT2D eigenvalue weighted by Crippen LogP contribution is 2.23. The van der Waals surface area contributed by atoms with Crippen molar-refractivity contribution in [3.8, 4) is 5.75 Å². The average Bonchev–Trinajstić information content (AvgIpc) is 2.75. The highest BCUT2D eigenvalue weighted by Gasteiger charge is 2.14. The van der Waals surface area contributed by atoms with Crippen LogP contribution < -0.4 is 10.5 Å². The Bertz CT molecular complexity index is 558. The molecule has 0 amide bonds. The van der Waals surface area contributed by atoms with Gasteiger partial charge in [-0.25, -0.2) is 0 Å². The zero-order valence-corrected chi connectivity index (χ0v) is 9.69. The monoisotopic (exact) mass is 231 g/mol. The standard InChI is InChI=1S/C13H13NO3/c1-8-3-5-12(17-8)13(15)9-4-6-11(16-2)10(14)7-9/h3-7H,14H2,1-2H3. The molecule has 0 spiro atoms. The van der Waals surface area contributed by atoms with Crippen LogP contribution in [-0.4, -0.2) is 12.9 Å². The maximum atomic E-state index is 12.0. The summed E-state index contributed by atoms with van der Waals surface area (Å²) in [6.45, 7) is 1.79. The minimum Gasteiger partial charge on any atom is -0.495 e. The van der Waals surface area contributed by atoms with Gasteiger partial charge in [0.1, 0.15) is 11.5 Å². The summed E-state index contributed by atoms with van der Waals surface area (Å²) in [5.74, 6) is 1.38. The Balaban J connectivity index is 2.35. The number of nitrogens with two attached hydrogens (primary N) is 1. The van der Waals surface area contributed by atoms with Gasteiger partial charge in [-0.1, -0.05) is 0 Å². The zero-order chi connectivity index (χ0) is 12.4. The second-order valence-corrected chi connectivity index (χ2v) is 3.70. The molecular weight excluding hydrogens is 218 g/mol. The van der Waals surface area contributed by atoms with E-state index in [1.54, 1.807) is 37.3 Å². The quantitative estimate of drug-likeness (QED) is 0.650. The molecule has 0 radical (unpaired) electrons. The van der Waals surface area contributed by atoms with Gasteiger partial charge in [0.05, 0.1) is 12.8 Å². The molecule has 1 aromatic carbocycles. The normalized spacial score (nSPS) is 10.2. The van der Waals surface area contributed by atoms with Gasteiger partial charge in [0.15, 0.2) is 5.76 Å². The van der Waals surface area contributed by atoms with Gasteiger partial charge in [-0.2, -0.15) is 0 Å². The lowest BCUT2D eigenvalue weighted by Gasteiger charge is -2.05. The van der Waals surface area contributed by atoms with Gasteiger partial charge in [-0.15, -0.1) is 0 Å². The summed E-state index contributed by atoms with van der Waals surface area (Å²) in [7, 11) is 1.53. The predicted molar refractivity (Wildman–Crippen MR) is 64.3 cm³/mol. The Kier molecular flexibility index (Phi) is 2.87. The Morgan fingerprint density at radius 3 is 2.59 bits per heavy atom. The van der Waals surface area contributed by atoms with Gasteiger partial charge >= 0.3 is 0 Å². The van der Waals surface area contributed by atoms with E-state index in [0.717, 1.165) is 0 Å². The van der Waals surface area contributed by atoms with Crippen LogP contribution in [-0.2, 0) is 0 Å². The van der Waals surface area contributed by atoms with Crippen molar-refractivity contribution >= 4 is 11.5 Å². The smallest absolute Gasteiger partial charge is 0.228 e. The number of hydrogen-bond donors (Lipinski definition) is 1. The molecule has 4 heteroatoms. The van der Waals surface area contributed by atoms with Crippen molar-refractivity contribution in [3.05, 3.63) is 47.4 Å². The summed E-state index contributed by atoms with van der Waals surface area (Å²) in [5, 5.41) is 0. The van der Waals surface area contributed by atoms with Crippen LogP contribution in [0.3, 0.4) is 0 Å². The van der Waals surface area contributed by atoms with Gasteiger partial charge in [0.25, 0.3) is 0 Å². The zero-order valence-electron chi connectivity index (χ0n) is 9.69. The second kappa shape index (κ2) is 4.33. The van der Waals surface area contributed by atoms with E-state index in [-0.39, 0.29) is 5.78 Å². The fourth-order valence-corrected chi connectivity index (χ4v) is 1.57. The predicted octanol–water partition coefficient (Wildman–Crippen LogP) is 2.41. The van der Waals surface area contributed by atoms with Crippen LogP contribution in [0.2, 0.25) is 0 Å². The Morgan fingerprint density at radius 2 is 2.06 bits per heavy atom. The van der Waals surface area contributed by atoms with Crippen molar-refractivity contribution < 1.29 is 13.9 Å². The number of ketones is 1. The first kappa shape index (κ1) is 11.3. The number of ether oxygens (including phenoxy) is 1. The Hall–Kier alpha value is -2.23. The maximum absolute atomic E-state index is 12.0. The van der Waals surface area contributed by atoms with E-state index in [4.69, 9.17) is 14.9 Å². The molecule has 2 aromatic rings. The molecular formula is C13H13NO3. The van der Waals surface area contributed by atoms with Gasteiger partial charge in [0, 0.05) is 5.56 Å². The van der Waals surface area contributed by atoms with Gasteiger partial charge in [-0.3, -0.25) is 4.79 Å². The van der Waals surface area contributed by atoms with E-state index in [2.05, 4.69) is 0 Å². The van der Waals surface area contributed by atoms with Crippen molar-refractivity contribution in [2.45, 2.75) is 6.92 Å². The molecule has 17 heavy (non-hydrogen) atoms. The fraction of sp³-hybridized carbons (Fsp3) is 0.154. The summed E-state index contributed by atoms with van der Waals surface area (Å²) in [6.07, 6.45) is 0. The lowest BCUT2D eigenvalue weighted by Crippen LogP contribution is -2.01. The first-order valence-corrected chi connectivity index (χ1v) is 5.16. The number of carbonyl (C=O) groups excluding carboxylic acids is 1. The fourth-order valence-electron chi connectivity index (χ4n) is 1.57. The van der Waals surface area contributed by atoms with Gasteiger partial charge in [0.2, 0.25) is 5.78 Å². The number of anilines is 1. The molecule has 0 fully saturated rings. The molecule has 88 valence electrons. The topological polar surface area (TPSA) is 65.5 Å². The molecule has 0 saturated heterocycles. The van der Waals surface area contributed by atoms with E-state index in [0.29, 0.717) is 28.5 Å². The third-order valence-corrected chi connectivity index (χ3v) is 2.46. The number of methoxy groups -OCH3 is 1. The van der Waals surface area contributed by atoms with Crippen LogP contribution in [0.1, 0.15) is 21.9 Å². The van der Waals surface area contributed by atoms with Crippen molar-refractivity contribution in [3.63, 3.8) is 0 Å². The average molecular weight is 231 g/mol.